The Morgan fingerprint density at radius 2 is 1.58 bits per heavy atom. The molecule has 2 N–H and O–H groups in total. The van der Waals surface area contributed by atoms with Gasteiger partial charge in [-0.3, -0.25) is 19.4 Å². The minimum Gasteiger partial charge on any atom is -0.379 e. The molecule has 0 bridgehead atoms. The van der Waals surface area contributed by atoms with Crippen molar-refractivity contribution in [3.05, 3.63) is 95.1 Å². The molecule has 2 fully saturated rings. The lowest BCUT2D eigenvalue weighted by Gasteiger charge is -2.40. The van der Waals surface area contributed by atoms with Crippen molar-refractivity contribution in [2.75, 3.05) is 44.7 Å². The Morgan fingerprint density at radius 3 is 2.23 bits per heavy atom. The van der Waals surface area contributed by atoms with Gasteiger partial charge in [-0.2, -0.15) is 26.3 Å². The highest BCUT2D eigenvalue weighted by molar-refractivity contribution is 6.10. The van der Waals surface area contributed by atoms with Crippen molar-refractivity contribution in [1.82, 2.24) is 20.1 Å². The normalized spacial score (nSPS) is 17.2. The summed E-state index contributed by atoms with van der Waals surface area (Å²) in [5, 5.41) is 5.12. The van der Waals surface area contributed by atoms with Gasteiger partial charge >= 0.3 is 12.4 Å². The van der Waals surface area contributed by atoms with Crippen LogP contribution in [-0.4, -0.2) is 78.2 Å². The number of likely N-dealkylation sites (tertiary alicyclic amines) is 1. The number of morpholine rings is 1. The first-order chi connectivity index (χ1) is 25.2. The van der Waals surface area contributed by atoms with E-state index in [1.807, 2.05) is 0 Å². The van der Waals surface area contributed by atoms with Crippen molar-refractivity contribution in [2.45, 2.75) is 57.7 Å². The largest absolute Gasteiger partial charge is 0.416 e. The van der Waals surface area contributed by atoms with Crippen LogP contribution in [0.25, 0.3) is 22.2 Å². The van der Waals surface area contributed by atoms with E-state index in [-0.39, 0.29) is 57.0 Å². The molecule has 1 atom stereocenters. The molecule has 0 unspecified atom stereocenters. The van der Waals surface area contributed by atoms with Crippen LogP contribution in [0.1, 0.15) is 59.8 Å². The molecular weight excluding hydrogens is 700 g/mol. The van der Waals surface area contributed by atoms with E-state index in [1.54, 1.807) is 19.9 Å². The van der Waals surface area contributed by atoms with Crippen LogP contribution in [0.5, 0.6) is 0 Å². The average Bonchev–Trinajstić information content (AvgIpc) is 3.13. The van der Waals surface area contributed by atoms with Crippen molar-refractivity contribution in [3.63, 3.8) is 0 Å². The van der Waals surface area contributed by atoms with E-state index in [2.05, 4.69) is 20.4 Å². The fraction of sp³-hybridized carbons (Fsp3) is 0.410. The maximum atomic E-state index is 14.6. The number of anilines is 1. The molecular formula is C39H41F6N5O3. The zero-order chi connectivity index (χ0) is 37.9. The maximum absolute atomic E-state index is 14.6. The van der Waals surface area contributed by atoms with Crippen molar-refractivity contribution in [2.24, 2.45) is 5.92 Å². The number of hydrogen-bond acceptors (Lipinski definition) is 6. The van der Waals surface area contributed by atoms with Crippen molar-refractivity contribution < 1.29 is 40.7 Å². The number of halogens is 6. The van der Waals surface area contributed by atoms with E-state index in [9.17, 15) is 35.9 Å². The standard InChI is InChI=1S/C39H41F6N5O3/c1-24(2)36(51)46-28-11-12-32-30(22-28)33(37(52)48-35(39(43,44)45)25-7-4-3-5-8-25)31(34(47-32)26-9-6-10-27(21-26)38(40,41)42)23-49-15-13-29(14-16-49)50-17-19-53-20-18-50/h3-12,21-22,24,29,35H,13-20,23H2,1-2H3,(H,46,51)(H,48,52)/t35-/m1/s1. The van der Waals surface area contributed by atoms with Gasteiger partial charge in [0, 0.05) is 53.8 Å². The predicted octanol–water partition coefficient (Wildman–Crippen LogP) is 7.85. The number of rotatable bonds is 9. The molecule has 282 valence electrons. The summed E-state index contributed by atoms with van der Waals surface area (Å²) in [6.07, 6.45) is -8.02. The highest BCUT2D eigenvalue weighted by Crippen LogP contribution is 2.38. The third kappa shape index (κ3) is 8.99. The fourth-order valence-corrected chi connectivity index (χ4v) is 6.97. The Labute approximate surface area is 303 Å². The number of piperidine rings is 1. The lowest BCUT2D eigenvalue weighted by Crippen LogP contribution is -2.48. The van der Waals surface area contributed by atoms with Gasteiger partial charge in [0.1, 0.15) is 0 Å². The van der Waals surface area contributed by atoms with Crippen LogP contribution >= 0.6 is 0 Å². The van der Waals surface area contributed by atoms with E-state index in [1.165, 1.54) is 54.6 Å². The van der Waals surface area contributed by atoms with E-state index < -0.39 is 35.8 Å². The Bertz CT molecular complexity index is 1920. The molecule has 0 saturated carbocycles. The first-order valence-electron chi connectivity index (χ1n) is 17.6. The monoisotopic (exact) mass is 741 g/mol. The molecule has 0 spiro atoms. The van der Waals surface area contributed by atoms with E-state index in [0.717, 1.165) is 38.1 Å². The third-order valence-electron chi connectivity index (χ3n) is 9.80. The second-order valence-corrected chi connectivity index (χ2v) is 13.8. The van der Waals surface area contributed by atoms with Gasteiger partial charge in [0.05, 0.1) is 35.6 Å². The number of carbonyl (C=O) groups is 2. The molecule has 6 rings (SSSR count). The third-order valence-corrected chi connectivity index (χ3v) is 9.80. The van der Waals surface area contributed by atoms with E-state index >= 15 is 0 Å². The zero-order valence-corrected chi connectivity index (χ0v) is 29.4. The zero-order valence-electron chi connectivity index (χ0n) is 29.4. The first kappa shape index (κ1) is 38.2. The van der Waals surface area contributed by atoms with Gasteiger partial charge < -0.3 is 15.4 Å². The SMILES string of the molecule is CC(C)C(=O)Nc1ccc2nc(-c3cccc(C(F)(F)F)c3)c(CN3CCC(N4CCOCC4)CC3)c(C(=O)N[C@H](c3ccccc3)C(F)(F)F)c2c1. The summed E-state index contributed by atoms with van der Waals surface area (Å²) in [6.45, 7) is 7.45. The smallest absolute Gasteiger partial charge is 0.379 e. The summed E-state index contributed by atoms with van der Waals surface area (Å²) in [5.41, 5.74) is -0.568. The molecule has 1 aromatic heterocycles. The van der Waals surface area contributed by atoms with Crippen LogP contribution in [0.2, 0.25) is 0 Å². The summed E-state index contributed by atoms with van der Waals surface area (Å²) in [6, 6.07) is 13.9. The predicted molar refractivity (Wildman–Crippen MR) is 189 cm³/mol. The fourth-order valence-electron chi connectivity index (χ4n) is 6.97. The molecule has 14 heteroatoms. The Morgan fingerprint density at radius 1 is 0.887 bits per heavy atom. The highest BCUT2D eigenvalue weighted by atomic mass is 19.4. The first-order valence-corrected chi connectivity index (χ1v) is 17.6. The van der Waals surface area contributed by atoms with Crippen molar-refractivity contribution in [3.8, 4) is 11.3 Å². The van der Waals surface area contributed by atoms with Crippen LogP contribution in [0.4, 0.5) is 32.0 Å². The van der Waals surface area contributed by atoms with Crippen molar-refractivity contribution >= 4 is 28.4 Å². The number of carbonyl (C=O) groups excluding carboxylic acids is 2. The second-order valence-electron chi connectivity index (χ2n) is 13.8. The number of alkyl halides is 6. The van der Waals surface area contributed by atoms with Gasteiger partial charge in [-0.1, -0.05) is 56.3 Å². The summed E-state index contributed by atoms with van der Waals surface area (Å²) in [4.78, 5) is 36.4. The quantitative estimate of drug-likeness (QED) is 0.170. The highest BCUT2D eigenvalue weighted by Gasteiger charge is 2.43. The Hall–Kier alpha value is -4.53. The molecule has 2 saturated heterocycles. The average molecular weight is 742 g/mol. The Balaban J connectivity index is 1.51. The number of pyridine rings is 1. The molecule has 2 amide bonds. The van der Waals surface area contributed by atoms with E-state index in [0.29, 0.717) is 32.3 Å². The lowest BCUT2D eigenvalue weighted by atomic mass is 9.93. The van der Waals surface area contributed by atoms with Crippen LogP contribution in [-0.2, 0) is 22.3 Å². The van der Waals surface area contributed by atoms with Crippen molar-refractivity contribution in [1.29, 1.82) is 0 Å². The molecule has 2 aliphatic heterocycles. The maximum Gasteiger partial charge on any atom is 0.416 e. The van der Waals surface area contributed by atoms with Crippen LogP contribution in [0.15, 0.2) is 72.8 Å². The summed E-state index contributed by atoms with van der Waals surface area (Å²) in [5.74, 6) is -1.81. The number of benzene rings is 3. The van der Waals surface area contributed by atoms with Gasteiger partial charge in [0.25, 0.3) is 5.91 Å². The number of hydrogen-bond donors (Lipinski definition) is 2. The number of fused-ring (bicyclic) bond motifs is 1. The Kier molecular flexibility index (Phi) is 11.4. The molecule has 0 radical (unpaired) electrons. The van der Waals surface area contributed by atoms with Gasteiger partial charge in [0.15, 0.2) is 6.04 Å². The van der Waals surface area contributed by atoms with Gasteiger partial charge in [-0.25, -0.2) is 4.98 Å². The van der Waals surface area contributed by atoms with Crippen LogP contribution in [0, 0.1) is 5.92 Å². The van der Waals surface area contributed by atoms with Crippen LogP contribution < -0.4 is 10.6 Å². The minimum atomic E-state index is -4.89. The number of amides is 2. The second kappa shape index (κ2) is 15.8. The molecule has 4 aromatic rings. The van der Waals surface area contributed by atoms with E-state index in [4.69, 9.17) is 9.72 Å². The number of aromatic nitrogens is 1. The molecule has 3 aromatic carbocycles. The molecule has 0 aliphatic carbocycles. The number of ether oxygens (including phenoxy) is 1. The summed E-state index contributed by atoms with van der Waals surface area (Å²) < 4.78 is 91.4. The molecule has 8 nitrogen and oxygen atoms in total. The topological polar surface area (TPSA) is 86.8 Å². The van der Waals surface area contributed by atoms with Gasteiger partial charge in [-0.15, -0.1) is 0 Å². The minimum absolute atomic E-state index is 0.0255. The summed E-state index contributed by atoms with van der Waals surface area (Å²) in [7, 11) is 0. The number of nitrogens with one attached hydrogen (secondary N) is 2. The molecule has 2 aliphatic rings. The molecule has 53 heavy (non-hydrogen) atoms. The van der Waals surface area contributed by atoms with Crippen LogP contribution in [0.3, 0.4) is 0 Å². The van der Waals surface area contributed by atoms with Gasteiger partial charge in [-0.05, 0) is 61.8 Å². The summed E-state index contributed by atoms with van der Waals surface area (Å²) >= 11 is 0. The van der Waals surface area contributed by atoms with Gasteiger partial charge in [0.2, 0.25) is 5.91 Å². The molecule has 3 heterocycles. The number of nitrogens with zero attached hydrogens (tertiary/aromatic N) is 3. The lowest BCUT2D eigenvalue weighted by molar-refractivity contribution is -0.155.